The lowest BCUT2D eigenvalue weighted by atomic mass is 9.96. The maximum Gasteiger partial charge on any atom is 0.333 e. The van der Waals surface area contributed by atoms with Gasteiger partial charge in [0.05, 0.1) is 0 Å². The Balaban J connectivity index is 2.42. The molecule has 0 spiro atoms. The number of carbonyl (C=O) groups is 1. The van der Waals surface area contributed by atoms with Crippen LogP contribution in [0.3, 0.4) is 0 Å². The smallest absolute Gasteiger partial charge is 0.333 e. The van der Waals surface area contributed by atoms with E-state index >= 15 is 0 Å². The molecule has 0 radical (unpaired) electrons. The molecule has 2 heteroatoms. The van der Waals surface area contributed by atoms with Crippen LogP contribution in [0.1, 0.15) is 40.0 Å². The zero-order valence-electron chi connectivity index (χ0n) is 9.38. The van der Waals surface area contributed by atoms with E-state index in [-0.39, 0.29) is 12.1 Å². The normalized spacial score (nSPS) is 31.5. The first-order valence-corrected chi connectivity index (χ1v) is 5.41. The second-order valence-electron chi connectivity index (χ2n) is 4.42. The summed E-state index contributed by atoms with van der Waals surface area (Å²) in [5.41, 5.74) is 0.498. The van der Waals surface area contributed by atoms with Crippen molar-refractivity contribution in [2.24, 2.45) is 11.8 Å². The zero-order valence-corrected chi connectivity index (χ0v) is 9.38. The van der Waals surface area contributed by atoms with Gasteiger partial charge in [0, 0.05) is 5.57 Å². The number of carbonyl (C=O) groups excluding carboxylic acids is 1. The van der Waals surface area contributed by atoms with E-state index in [1.165, 1.54) is 6.42 Å². The van der Waals surface area contributed by atoms with Crippen LogP contribution in [0, 0.1) is 11.8 Å². The Labute approximate surface area is 86.3 Å². The first-order chi connectivity index (χ1) is 6.54. The second-order valence-corrected chi connectivity index (χ2v) is 4.42. The van der Waals surface area contributed by atoms with E-state index in [2.05, 4.69) is 20.4 Å². The highest BCUT2D eigenvalue weighted by Gasteiger charge is 2.32. The molecule has 1 saturated carbocycles. The molecule has 80 valence electrons. The lowest BCUT2D eigenvalue weighted by Gasteiger charge is -2.11. The summed E-state index contributed by atoms with van der Waals surface area (Å²) < 4.78 is 5.34. The van der Waals surface area contributed by atoms with E-state index in [9.17, 15) is 4.79 Å². The van der Waals surface area contributed by atoms with Crippen molar-refractivity contribution in [3.8, 4) is 0 Å². The summed E-state index contributed by atoms with van der Waals surface area (Å²) in [7, 11) is 0. The minimum absolute atomic E-state index is 0.124. The Kier molecular flexibility index (Phi) is 3.73. The van der Waals surface area contributed by atoms with Crippen molar-refractivity contribution in [1.82, 2.24) is 0 Å². The summed E-state index contributed by atoms with van der Waals surface area (Å²) in [5.74, 6) is 1.17. The van der Waals surface area contributed by atoms with Crippen molar-refractivity contribution in [2.75, 3.05) is 0 Å². The molecule has 0 saturated heterocycles. The van der Waals surface area contributed by atoms with Crippen molar-refractivity contribution in [3.63, 3.8) is 0 Å². The monoisotopic (exact) mass is 196 g/mol. The van der Waals surface area contributed by atoms with Gasteiger partial charge < -0.3 is 4.74 Å². The third kappa shape index (κ3) is 2.60. The Bertz CT molecular complexity index is 232. The summed E-state index contributed by atoms with van der Waals surface area (Å²) >= 11 is 0. The van der Waals surface area contributed by atoms with Gasteiger partial charge in [-0.1, -0.05) is 26.8 Å². The lowest BCUT2D eigenvalue weighted by Crippen LogP contribution is -2.15. The van der Waals surface area contributed by atoms with E-state index in [1.54, 1.807) is 6.92 Å². The number of rotatable bonds is 3. The minimum Gasteiger partial charge on any atom is -0.459 e. The molecule has 0 heterocycles. The van der Waals surface area contributed by atoms with E-state index in [1.807, 2.05) is 0 Å². The van der Waals surface area contributed by atoms with Gasteiger partial charge in [0.15, 0.2) is 0 Å². The van der Waals surface area contributed by atoms with Crippen LogP contribution in [0.5, 0.6) is 0 Å². The van der Waals surface area contributed by atoms with Crippen LogP contribution in [0.4, 0.5) is 0 Å². The maximum atomic E-state index is 11.3. The highest BCUT2D eigenvalue weighted by atomic mass is 16.5. The van der Waals surface area contributed by atoms with Gasteiger partial charge in [0.2, 0.25) is 0 Å². The fourth-order valence-electron chi connectivity index (χ4n) is 2.19. The molecule has 3 atom stereocenters. The van der Waals surface area contributed by atoms with Crippen LogP contribution < -0.4 is 0 Å². The van der Waals surface area contributed by atoms with Gasteiger partial charge in [-0.3, -0.25) is 0 Å². The fourth-order valence-corrected chi connectivity index (χ4v) is 2.19. The van der Waals surface area contributed by atoms with Crippen molar-refractivity contribution in [3.05, 3.63) is 12.2 Å². The minimum atomic E-state index is -0.237. The molecule has 0 aromatic heterocycles. The Morgan fingerprint density at radius 3 is 2.57 bits per heavy atom. The van der Waals surface area contributed by atoms with Crippen LogP contribution in [-0.4, -0.2) is 12.1 Å². The van der Waals surface area contributed by atoms with Crippen LogP contribution in [-0.2, 0) is 9.53 Å². The molecular weight excluding hydrogens is 176 g/mol. The van der Waals surface area contributed by atoms with E-state index in [0.29, 0.717) is 11.5 Å². The van der Waals surface area contributed by atoms with Crippen molar-refractivity contribution >= 4 is 5.97 Å². The SMILES string of the molecule is C=C(C)C(=O)OC1CC(C)C(CC)C1. The van der Waals surface area contributed by atoms with Gasteiger partial charge in [-0.25, -0.2) is 4.79 Å². The molecular formula is C12H20O2. The van der Waals surface area contributed by atoms with Crippen LogP contribution in [0.2, 0.25) is 0 Å². The number of ether oxygens (including phenoxy) is 1. The van der Waals surface area contributed by atoms with Crippen molar-refractivity contribution in [2.45, 2.75) is 46.1 Å². The third-order valence-corrected chi connectivity index (χ3v) is 3.15. The molecule has 0 N–H and O–H groups in total. The van der Waals surface area contributed by atoms with E-state index in [0.717, 1.165) is 18.8 Å². The Morgan fingerprint density at radius 2 is 2.14 bits per heavy atom. The Morgan fingerprint density at radius 1 is 1.50 bits per heavy atom. The van der Waals surface area contributed by atoms with Crippen LogP contribution in [0.25, 0.3) is 0 Å². The van der Waals surface area contributed by atoms with Crippen molar-refractivity contribution < 1.29 is 9.53 Å². The molecule has 14 heavy (non-hydrogen) atoms. The van der Waals surface area contributed by atoms with E-state index < -0.39 is 0 Å². The Hall–Kier alpha value is -0.790. The molecule has 0 aliphatic heterocycles. The van der Waals surface area contributed by atoms with Crippen LogP contribution in [0.15, 0.2) is 12.2 Å². The molecule has 1 fully saturated rings. The highest BCUT2D eigenvalue weighted by molar-refractivity contribution is 5.87. The molecule has 0 aromatic carbocycles. The molecule has 0 aromatic rings. The van der Waals surface area contributed by atoms with Gasteiger partial charge in [0.25, 0.3) is 0 Å². The largest absolute Gasteiger partial charge is 0.459 e. The molecule has 1 rings (SSSR count). The molecule has 0 amide bonds. The van der Waals surface area contributed by atoms with Crippen LogP contribution >= 0.6 is 0 Å². The first kappa shape index (κ1) is 11.3. The molecule has 0 bridgehead atoms. The topological polar surface area (TPSA) is 26.3 Å². The van der Waals surface area contributed by atoms with Crippen molar-refractivity contribution in [1.29, 1.82) is 0 Å². The second kappa shape index (κ2) is 4.63. The van der Waals surface area contributed by atoms with Gasteiger partial charge >= 0.3 is 5.97 Å². The highest BCUT2D eigenvalue weighted by Crippen LogP contribution is 2.35. The summed E-state index contributed by atoms with van der Waals surface area (Å²) in [6.07, 6.45) is 3.34. The van der Waals surface area contributed by atoms with Gasteiger partial charge in [-0.05, 0) is 31.6 Å². The molecule has 3 unspecified atom stereocenters. The zero-order chi connectivity index (χ0) is 10.7. The molecule has 1 aliphatic carbocycles. The number of esters is 1. The number of hydrogen-bond acceptors (Lipinski definition) is 2. The van der Waals surface area contributed by atoms with Gasteiger partial charge in [0.1, 0.15) is 6.10 Å². The molecule has 1 aliphatic rings. The lowest BCUT2D eigenvalue weighted by molar-refractivity contribution is -0.144. The number of hydrogen-bond donors (Lipinski definition) is 0. The summed E-state index contributed by atoms with van der Waals surface area (Å²) in [5, 5.41) is 0. The van der Waals surface area contributed by atoms with E-state index in [4.69, 9.17) is 4.74 Å². The molecule has 2 nitrogen and oxygen atoms in total. The first-order valence-electron chi connectivity index (χ1n) is 5.41. The quantitative estimate of drug-likeness (QED) is 0.512. The summed E-state index contributed by atoms with van der Waals surface area (Å²) in [6, 6.07) is 0. The predicted octanol–water partition coefficient (Wildman–Crippen LogP) is 2.93. The van der Waals surface area contributed by atoms with Gasteiger partial charge in [-0.15, -0.1) is 0 Å². The fraction of sp³-hybridized carbons (Fsp3) is 0.750. The summed E-state index contributed by atoms with van der Waals surface area (Å²) in [6.45, 7) is 9.71. The maximum absolute atomic E-state index is 11.3. The predicted molar refractivity (Wildman–Crippen MR) is 56.9 cm³/mol. The summed E-state index contributed by atoms with van der Waals surface area (Å²) in [4.78, 5) is 11.3. The average molecular weight is 196 g/mol. The third-order valence-electron chi connectivity index (χ3n) is 3.15. The standard InChI is InChI=1S/C12H20O2/c1-5-10-7-11(6-9(10)4)14-12(13)8(2)3/h9-11H,2,5-7H2,1,3-4H3. The van der Waals surface area contributed by atoms with Gasteiger partial charge in [-0.2, -0.15) is 0 Å². The average Bonchev–Trinajstić information content (AvgIpc) is 2.45.